The predicted octanol–water partition coefficient (Wildman–Crippen LogP) is 30.1. The first-order chi connectivity index (χ1) is 60.5. The van der Waals surface area contributed by atoms with Crippen LogP contribution in [0, 0.1) is 13.8 Å². The summed E-state index contributed by atoms with van der Waals surface area (Å²) in [5.74, 6) is 3.65. The smallest absolute Gasteiger partial charge is 0.164 e. The topological polar surface area (TPSA) is 88.8 Å². The molecular weight excluding hydrogens is 1520 g/mol. The van der Waals surface area contributed by atoms with Crippen molar-refractivity contribution in [1.29, 1.82) is 0 Å². The van der Waals surface area contributed by atoms with E-state index in [9.17, 15) is 0 Å². The molecule has 0 radical (unpaired) electrons. The molecule has 1 aliphatic rings. The zero-order chi connectivity index (χ0) is 82.2. The van der Waals surface area contributed by atoms with E-state index in [1.807, 2.05) is 41.7 Å². The number of benzene rings is 17. The van der Waals surface area contributed by atoms with Crippen molar-refractivity contribution in [3.05, 3.63) is 429 Å². The molecule has 0 atom stereocenters. The fraction of sp³-hybridized carbons (Fsp3) is 0.0442. The average molecular weight is 1600 g/mol. The summed E-state index contributed by atoms with van der Waals surface area (Å²) in [4.78, 5) is 36.6. The number of anilines is 6. The van der Waals surface area contributed by atoms with E-state index in [1.165, 1.54) is 37.2 Å². The number of fused-ring (bicyclic) bond motifs is 9. The first-order valence-corrected chi connectivity index (χ1v) is 42.6. The van der Waals surface area contributed by atoms with Gasteiger partial charge in [0.1, 0.15) is 0 Å². The number of hydrogen-bond acceptors (Lipinski definition) is 9. The SMILES string of the molecule is Cc1ccccc1-c1nc(-c2ccccc2C)nc(-c2ccccc2-c2cccc(N(c3ccc(-c4ccccc4)cc3)c3ccc4c(c3)c3ccc(-c5ccc(-c6nc(-c7ccccc7)nc(-c7ccc8sc9ccc(N(c%10cccc(-c%11ccccc%11)c%10)c%10cccc%11c%10C(C)(C)c%10ccccc%10-%11)cc9c8c7)n6)cc5)cc3n4-c3ccccc3)c2)n1. The number of aryl methyl sites for hydroxylation is 2. The molecule has 17 aromatic carbocycles. The first kappa shape index (κ1) is 73.7. The van der Waals surface area contributed by atoms with Gasteiger partial charge in [0.25, 0.3) is 0 Å². The van der Waals surface area contributed by atoms with Crippen LogP contribution in [0.15, 0.2) is 406 Å². The molecule has 0 saturated heterocycles. The van der Waals surface area contributed by atoms with Gasteiger partial charge < -0.3 is 14.4 Å². The molecular formula is C113H79N9S. The van der Waals surface area contributed by atoms with Gasteiger partial charge in [-0.1, -0.05) is 305 Å². The molecule has 0 N–H and O–H groups in total. The highest BCUT2D eigenvalue weighted by Crippen LogP contribution is 2.55. The number of thiophene rings is 1. The van der Waals surface area contributed by atoms with Crippen molar-refractivity contribution in [2.45, 2.75) is 33.1 Å². The van der Waals surface area contributed by atoms with Crippen LogP contribution in [0.5, 0.6) is 0 Å². The lowest BCUT2D eigenvalue weighted by Crippen LogP contribution is -2.20. The summed E-state index contributed by atoms with van der Waals surface area (Å²) in [6, 6.07) is 146. The molecule has 9 nitrogen and oxygen atoms in total. The molecule has 0 amide bonds. The Bertz CT molecular complexity index is 7610. The number of aromatic nitrogens is 7. The third-order valence-electron chi connectivity index (χ3n) is 24.4. The monoisotopic (exact) mass is 1590 g/mol. The van der Waals surface area contributed by atoms with Crippen LogP contribution in [0.4, 0.5) is 34.1 Å². The molecule has 0 bridgehead atoms. The van der Waals surface area contributed by atoms with Crippen LogP contribution in [0.25, 0.3) is 172 Å². The molecule has 1 aliphatic carbocycles. The summed E-state index contributed by atoms with van der Waals surface area (Å²) in [6.45, 7) is 8.96. The normalized spacial score (nSPS) is 12.1. The Kier molecular flexibility index (Phi) is 18.4. The molecule has 123 heavy (non-hydrogen) atoms. The maximum Gasteiger partial charge on any atom is 0.164 e. The number of para-hydroxylation sites is 1. The summed E-state index contributed by atoms with van der Waals surface area (Å²) < 4.78 is 4.79. The van der Waals surface area contributed by atoms with Gasteiger partial charge in [0.15, 0.2) is 34.9 Å². The van der Waals surface area contributed by atoms with Crippen LogP contribution in [0.1, 0.15) is 36.1 Å². The van der Waals surface area contributed by atoms with E-state index in [4.69, 9.17) is 29.9 Å². The number of nitrogens with zero attached hydrogens (tertiary/aromatic N) is 9. The van der Waals surface area contributed by atoms with E-state index in [-0.39, 0.29) is 5.41 Å². The number of hydrogen-bond donors (Lipinski definition) is 0. The van der Waals surface area contributed by atoms with Crippen LogP contribution < -0.4 is 9.80 Å². The highest BCUT2D eigenvalue weighted by atomic mass is 32.1. The molecule has 21 aromatic rings. The summed E-state index contributed by atoms with van der Waals surface area (Å²) in [7, 11) is 0. The minimum absolute atomic E-state index is 0.258. The lowest BCUT2D eigenvalue weighted by Gasteiger charge is -2.32. The van der Waals surface area contributed by atoms with Gasteiger partial charge >= 0.3 is 0 Å². The van der Waals surface area contributed by atoms with E-state index < -0.39 is 0 Å². The maximum atomic E-state index is 5.40. The Morgan fingerprint density at radius 2 is 0.650 bits per heavy atom. The average Bonchev–Trinajstić information content (AvgIpc) is 1.56. The Balaban J connectivity index is 0.627. The first-order valence-electron chi connectivity index (χ1n) is 41.8. The molecule has 22 rings (SSSR count). The largest absolute Gasteiger partial charge is 0.310 e. The third kappa shape index (κ3) is 13.4. The van der Waals surface area contributed by atoms with E-state index >= 15 is 0 Å². The maximum absolute atomic E-state index is 5.40. The van der Waals surface area contributed by atoms with E-state index in [0.717, 1.165) is 156 Å². The Hall–Kier alpha value is -15.6. The van der Waals surface area contributed by atoms with Crippen molar-refractivity contribution in [1.82, 2.24) is 34.5 Å². The van der Waals surface area contributed by atoms with E-state index in [1.54, 1.807) is 0 Å². The quantitative estimate of drug-likeness (QED) is 0.0891. The predicted molar refractivity (Wildman–Crippen MR) is 511 cm³/mol. The van der Waals surface area contributed by atoms with Crippen molar-refractivity contribution in [3.8, 4) is 130 Å². The second-order valence-electron chi connectivity index (χ2n) is 32.2. The molecule has 4 aromatic heterocycles. The van der Waals surface area contributed by atoms with Gasteiger partial charge in [-0.25, -0.2) is 29.9 Å². The van der Waals surface area contributed by atoms with Gasteiger partial charge in [-0.2, -0.15) is 0 Å². The van der Waals surface area contributed by atoms with Crippen molar-refractivity contribution in [2.24, 2.45) is 0 Å². The van der Waals surface area contributed by atoms with Crippen LogP contribution in [0.2, 0.25) is 0 Å². The minimum atomic E-state index is -0.258. The Labute approximate surface area is 718 Å². The standard InChI is InChI=1S/C113H79N9S/c1-72-28-17-19-42-90(72)110-117-111(91-43-20-18-29-73(91)2)119-112(118-110)96-46-22-21-44-92(96)82-37-26-40-86(67-82)120(85-58-54-76(55-59-85)74-30-9-5-10-31-74)88-60-63-101-97(70-88)94-62-56-81(69-103(94)122(101)84-38-15-8-16-39-84)77-50-52-79(53-51-77)108-114-107(78-34-13-7-14-35-78)115-109(116-108)83-57-64-104-98(68-83)99-71-89(61-65-105(99)123-104)121(87-41-25-36-80(66-87)75-32-11-6-12-33-75)102-49-27-47-95-93-45-23-24-48-100(93)113(3,4)106(95)102/h5-71H,1-4H3. The molecule has 4 heterocycles. The second-order valence-corrected chi connectivity index (χ2v) is 33.3. The molecule has 0 fully saturated rings. The van der Waals surface area contributed by atoms with E-state index in [0.29, 0.717) is 34.9 Å². The molecule has 582 valence electrons. The van der Waals surface area contributed by atoms with Crippen molar-refractivity contribution < 1.29 is 0 Å². The van der Waals surface area contributed by atoms with Crippen LogP contribution in [-0.4, -0.2) is 34.5 Å². The summed E-state index contributed by atoms with van der Waals surface area (Å²) in [6.07, 6.45) is 0. The molecule has 0 spiro atoms. The van der Waals surface area contributed by atoms with E-state index in [2.05, 4.69) is 418 Å². The van der Waals surface area contributed by atoms with Gasteiger partial charge in [0.05, 0.1) is 16.7 Å². The minimum Gasteiger partial charge on any atom is -0.310 e. The highest BCUT2D eigenvalue weighted by Gasteiger charge is 2.39. The summed E-state index contributed by atoms with van der Waals surface area (Å²) >= 11 is 1.81. The van der Waals surface area contributed by atoms with Gasteiger partial charge in [-0.05, 0) is 207 Å². The second kappa shape index (κ2) is 30.6. The Morgan fingerprint density at radius 3 is 1.32 bits per heavy atom. The summed E-state index contributed by atoms with van der Waals surface area (Å²) in [5, 5.41) is 4.55. The molecule has 10 heteroatoms. The fourth-order valence-corrected chi connectivity index (χ4v) is 19.4. The molecule has 0 unspecified atom stereocenters. The number of rotatable bonds is 17. The van der Waals surface area contributed by atoms with Gasteiger partial charge in [-0.3, -0.25) is 0 Å². The van der Waals surface area contributed by atoms with Crippen molar-refractivity contribution in [2.75, 3.05) is 9.80 Å². The van der Waals surface area contributed by atoms with Crippen LogP contribution >= 0.6 is 11.3 Å². The van der Waals surface area contributed by atoms with Gasteiger partial charge in [0.2, 0.25) is 0 Å². The van der Waals surface area contributed by atoms with Gasteiger partial charge in [-0.15, -0.1) is 11.3 Å². The molecule has 0 aliphatic heterocycles. The van der Waals surface area contributed by atoms with Crippen LogP contribution in [-0.2, 0) is 5.41 Å². The van der Waals surface area contributed by atoms with Gasteiger partial charge in [0, 0.05) is 104 Å². The van der Waals surface area contributed by atoms with Crippen LogP contribution in [0.3, 0.4) is 0 Å². The third-order valence-corrected chi connectivity index (χ3v) is 25.5. The zero-order valence-electron chi connectivity index (χ0n) is 68.1. The lowest BCUT2D eigenvalue weighted by molar-refractivity contribution is 0.661. The lowest BCUT2D eigenvalue weighted by atomic mass is 9.81. The fourth-order valence-electron chi connectivity index (χ4n) is 18.3. The zero-order valence-corrected chi connectivity index (χ0v) is 68.9. The highest BCUT2D eigenvalue weighted by molar-refractivity contribution is 7.25. The van der Waals surface area contributed by atoms with Crippen molar-refractivity contribution >= 4 is 87.4 Å². The Morgan fingerprint density at radius 1 is 0.244 bits per heavy atom. The molecule has 0 saturated carbocycles. The summed E-state index contributed by atoms with van der Waals surface area (Å²) in [5.41, 5.74) is 31.0. The van der Waals surface area contributed by atoms with Crippen molar-refractivity contribution in [3.63, 3.8) is 0 Å².